The van der Waals surface area contributed by atoms with Crippen LogP contribution in [0, 0.1) is 13.8 Å². The van der Waals surface area contributed by atoms with Crippen LogP contribution in [0.15, 0.2) is 96.6 Å². The molecule has 0 radical (unpaired) electrons. The molecule has 1 aliphatic heterocycles. The summed E-state index contributed by atoms with van der Waals surface area (Å²) < 4.78 is 0. The fourth-order valence-corrected chi connectivity index (χ4v) is 4.56. The van der Waals surface area contributed by atoms with E-state index in [0.717, 1.165) is 27.5 Å². The van der Waals surface area contributed by atoms with Gasteiger partial charge in [0.25, 0.3) is 11.7 Å². The molecule has 1 unspecified atom stereocenters. The summed E-state index contributed by atoms with van der Waals surface area (Å²) in [5, 5.41) is 13.4. The molecule has 4 heteroatoms. The second kappa shape index (κ2) is 8.06. The molecule has 33 heavy (non-hydrogen) atoms. The van der Waals surface area contributed by atoms with Crippen LogP contribution < -0.4 is 4.90 Å². The fraction of sp³-hybridized carbons (Fsp3) is 0.103. The third-order valence-electron chi connectivity index (χ3n) is 6.23. The molecule has 4 nitrogen and oxygen atoms in total. The van der Waals surface area contributed by atoms with Crippen LogP contribution in [-0.2, 0) is 9.59 Å². The van der Waals surface area contributed by atoms with Gasteiger partial charge in [-0.2, -0.15) is 0 Å². The van der Waals surface area contributed by atoms with Crippen LogP contribution in [-0.4, -0.2) is 16.8 Å². The highest BCUT2D eigenvalue weighted by atomic mass is 16.3. The summed E-state index contributed by atoms with van der Waals surface area (Å²) in [5.41, 5.74) is 3.96. The summed E-state index contributed by atoms with van der Waals surface area (Å²) in [6.07, 6.45) is 0. The van der Waals surface area contributed by atoms with Crippen molar-refractivity contribution < 1.29 is 14.7 Å². The van der Waals surface area contributed by atoms with Crippen LogP contribution in [0.3, 0.4) is 0 Å². The third kappa shape index (κ3) is 3.50. The van der Waals surface area contributed by atoms with Gasteiger partial charge in [-0.25, -0.2) is 0 Å². The van der Waals surface area contributed by atoms with Gasteiger partial charge in [-0.05, 0) is 59.5 Å². The highest BCUT2D eigenvalue weighted by molar-refractivity contribution is 6.51. The first-order chi connectivity index (χ1) is 16.0. The smallest absolute Gasteiger partial charge is 0.300 e. The number of carbonyl (C=O) groups is 2. The molecule has 5 rings (SSSR count). The molecular weight excluding hydrogens is 410 g/mol. The van der Waals surface area contributed by atoms with Gasteiger partial charge in [-0.3, -0.25) is 14.5 Å². The molecule has 4 aromatic carbocycles. The molecule has 1 atom stereocenters. The summed E-state index contributed by atoms with van der Waals surface area (Å²) in [6, 6.07) is 27.8. The number of anilines is 1. The number of aryl methyl sites for hydroxylation is 2. The van der Waals surface area contributed by atoms with Crippen LogP contribution in [0.2, 0.25) is 0 Å². The lowest BCUT2D eigenvalue weighted by Gasteiger charge is -2.27. The van der Waals surface area contributed by atoms with Crippen molar-refractivity contribution >= 4 is 33.9 Å². The first-order valence-corrected chi connectivity index (χ1v) is 10.9. The monoisotopic (exact) mass is 433 g/mol. The van der Waals surface area contributed by atoms with Crippen molar-refractivity contribution in [2.75, 3.05) is 4.90 Å². The number of aliphatic hydroxyl groups excluding tert-OH is 1. The molecule has 0 spiro atoms. The number of hydrogen-bond acceptors (Lipinski definition) is 3. The standard InChI is InChI=1S/C29H23NO3/c1-18-8-7-12-23(16-18)30-26(24-13-6-3-9-19(24)2)25(28(32)29(30)33)27(31)22-15-14-20-10-4-5-11-21(20)17-22/h3-17,26,31H,1-2H3/b27-25+. The van der Waals surface area contributed by atoms with E-state index < -0.39 is 17.7 Å². The predicted octanol–water partition coefficient (Wildman–Crippen LogP) is 6.08. The lowest BCUT2D eigenvalue weighted by Crippen LogP contribution is -2.29. The van der Waals surface area contributed by atoms with Crippen molar-refractivity contribution in [3.8, 4) is 0 Å². The van der Waals surface area contributed by atoms with E-state index in [1.54, 1.807) is 6.07 Å². The van der Waals surface area contributed by atoms with Crippen LogP contribution in [0.1, 0.15) is 28.3 Å². The third-order valence-corrected chi connectivity index (χ3v) is 6.23. The Kier molecular flexibility index (Phi) is 5.06. The zero-order valence-corrected chi connectivity index (χ0v) is 18.4. The topological polar surface area (TPSA) is 57.6 Å². The van der Waals surface area contributed by atoms with Gasteiger partial charge in [-0.15, -0.1) is 0 Å². The number of hydrogen-bond donors (Lipinski definition) is 1. The highest BCUT2D eigenvalue weighted by Crippen LogP contribution is 2.43. The number of carbonyl (C=O) groups excluding carboxylic acids is 2. The van der Waals surface area contributed by atoms with Crippen molar-refractivity contribution in [3.05, 3.63) is 119 Å². The van der Waals surface area contributed by atoms with Crippen molar-refractivity contribution in [1.82, 2.24) is 0 Å². The Morgan fingerprint density at radius 1 is 0.788 bits per heavy atom. The van der Waals surface area contributed by atoms with E-state index in [1.807, 2.05) is 98.8 Å². The molecule has 162 valence electrons. The normalized spacial score (nSPS) is 17.6. The van der Waals surface area contributed by atoms with E-state index in [1.165, 1.54) is 4.90 Å². The van der Waals surface area contributed by atoms with Crippen molar-refractivity contribution in [2.24, 2.45) is 0 Å². The molecule has 1 heterocycles. The predicted molar refractivity (Wildman–Crippen MR) is 131 cm³/mol. The van der Waals surface area contributed by atoms with Gasteiger partial charge in [0.15, 0.2) is 0 Å². The Bertz CT molecular complexity index is 1450. The van der Waals surface area contributed by atoms with Crippen LogP contribution in [0.25, 0.3) is 16.5 Å². The molecular formula is C29H23NO3. The number of ketones is 1. The minimum absolute atomic E-state index is 0.103. The number of amides is 1. The molecule has 1 N–H and O–H groups in total. The largest absolute Gasteiger partial charge is 0.507 e. The molecule has 0 bridgehead atoms. The number of nitrogens with zero attached hydrogens (tertiary/aromatic N) is 1. The SMILES string of the molecule is Cc1cccc(N2C(=O)C(=O)/C(=C(/O)c3ccc4ccccc4c3)C2c2ccccc2C)c1. The zero-order valence-electron chi connectivity index (χ0n) is 18.4. The maximum atomic E-state index is 13.3. The van der Waals surface area contributed by atoms with Gasteiger partial charge in [0, 0.05) is 11.3 Å². The van der Waals surface area contributed by atoms with E-state index in [9.17, 15) is 14.7 Å². The summed E-state index contributed by atoms with van der Waals surface area (Å²) in [4.78, 5) is 28.1. The van der Waals surface area contributed by atoms with Gasteiger partial charge in [0.2, 0.25) is 0 Å². The quantitative estimate of drug-likeness (QED) is 0.242. The average molecular weight is 434 g/mol. The minimum atomic E-state index is -0.723. The minimum Gasteiger partial charge on any atom is -0.507 e. The molecule has 0 saturated carbocycles. The average Bonchev–Trinajstić information content (AvgIpc) is 3.09. The van der Waals surface area contributed by atoms with Gasteiger partial charge >= 0.3 is 0 Å². The van der Waals surface area contributed by atoms with Crippen molar-refractivity contribution in [2.45, 2.75) is 19.9 Å². The Balaban J connectivity index is 1.76. The molecule has 1 aliphatic rings. The van der Waals surface area contributed by atoms with Crippen LogP contribution in [0.5, 0.6) is 0 Å². The summed E-state index contributed by atoms with van der Waals surface area (Å²) >= 11 is 0. The summed E-state index contributed by atoms with van der Waals surface area (Å²) in [6.45, 7) is 3.89. The number of aliphatic hydroxyl groups is 1. The van der Waals surface area contributed by atoms with Gasteiger partial charge < -0.3 is 5.11 Å². The van der Waals surface area contributed by atoms with Crippen molar-refractivity contribution in [3.63, 3.8) is 0 Å². The number of fused-ring (bicyclic) bond motifs is 1. The number of rotatable bonds is 3. The Hall–Kier alpha value is -4.18. The molecule has 1 saturated heterocycles. The maximum absolute atomic E-state index is 13.3. The number of Topliss-reactive ketones (excluding diaryl/α,β-unsaturated/α-hetero) is 1. The van der Waals surface area contributed by atoms with Crippen LogP contribution in [0.4, 0.5) is 5.69 Å². The van der Waals surface area contributed by atoms with Gasteiger partial charge in [0.1, 0.15) is 5.76 Å². The highest BCUT2D eigenvalue weighted by Gasteiger charge is 2.47. The van der Waals surface area contributed by atoms with E-state index in [-0.39, 0.29) is 11.3 Å². The Morgan fingerprint density at radius 2 is 1.52 bits per heavy atom. The maximum Gasteiger partial charge on any atom is 0.300 e. The lowest BCUT2D eigenvalue weighted by atomic mass is 9.92. The lowest BCUT2D eigenvalue weighted by molar-refractivity contribution is -0.132. The second-order valence-corrected chi connectivity index (χ2v) is 8.43. The van der Waals surface area contributed by atoms with Gasteiger partial charge in [0.05, 0.1) is 11.6 Å². The van der Waals surface area contributed by atoms with Crippen LogP contribution >= 0.6 is 0 Å². The first-order valence-electron chi connectivity index (χ1n) is 10.9. The summed E-state index contributed by atoms with van der Waals surface area (Å²) in [5.74, 6) is -1.49. The number of benzene rings is 4. The van der Waals surface area contributed by atoms with Crippen molar-refractivity contribution in [1.29, 1.82) is 0 Å². The first kappa shape index (κ1) is 20.7. The second-order valence-electron chi connectivity index (χ2n) is 8.43. The Labute approximate surface area is 192 Å². The molecule has 0 aliphatic carbocycles. The molecule has 0 aromatic heterocycles. The zero-order chi connectivity index (χ0) is 23.1. The van der Waals surface area contributed by atoms with E-state index >= 15 is 0 Å². The van der Waals surface area contributed by atoms with E-state index in [4.69, 9.17) is 0 Å². The Morgan fingerprint density at radius 3 is 2.27 bits per heavy atom. The van der Waals surface area contributed by atoms with Gasteiger partial charge in [-0.1, -0.05) is 72.8 Å². The molecule has 1 fully saturated rings. The van der Waals surface area contributed by atoms with E-state index in [0.29, 0.717) is 11.3 Å². The summed E-state index contributed by atoms with van der Waals surface area (Å²) in [7, 11) is 0. The van der Waals surface area contributed by atoms with E-state index in [2.05, 4.69) is 0 Å². The fourth-order valence-electron chi connectivity index (χ4n) is 4.56. The molecule has 4 aromatic rings. The molecule has 1 amide bonds.